The molecule has 2 amide bonds. The highest BCUT2D eigenvalue weighted by molar-refractivity contribution is 7.13. The second-order valence-electron chi connectivity index (χ2n) is 20.5. The van der Waals surface area contributed by atoms with Crippen LogP contribution in [-0.4, -0.2) is 153 Å². The zero-order valence-corrected chi connectivity index (χ0v) is 43.8. The van der Waals surface area contributed by atoms with Crippen LogP contribution in [0.25, 0.3) is 21.7 Å². The van der Waals surface area contributed by atoms with Crippen molar-refractivity contribution in [3.05, 3.63) is 107 Å². The van der Waals surface area contributed by atoms with Crippen molar-refractivity contribution in [2.45, 2.75) is 90.1 Å². The van der Waals surface area contributed by atoms with Gasteiger partial charge in [-0.15, -0.1) is 21.5 Å². The van der Waals surface area contributed by atoms with E-state index in [1.165, 1.54) is 4.90 Å². The number of aromatic nitrogens is 5. The van der Waals surface area contributed by atoms with E-state index >= 15 is 0 Å². The summed E-state index contributed by atoms with van der Waals surface area (Å²) in [7, 11) is 0. The van der Waals surface area contributed by atoms with Gasteiger partial charge in [0.25, 0.3) is 5.88 Å². The van der Waals surface area contributed by atoms with Crippen molar-refractivity contribution in [2.24, 2.45) is 5.92 Å². The first-order valence-corrected chi connectivity index (χ1v) is 26.9. The van der Waals surface area contributed by atoms with Crippen LogP contribution in [0.3, 0.4) is 0 Å². The minimum absolute atomic E-state index is 0.0563. The van der Waals surface area contributed by atoms with Crippen LogP contribution in [0.15, 0.2) is 89.0 Å². The molecule has 2 bridgehead atoms. The number of nitrogen functional groups attached to an aromatic ring is 1. The highest BCUT2D eigenvalue weighted by Crippen LogP contribution is 2.40. The molecule has 10 rings (SSSR count). The fraction of sp³-hybridized carbons (Fsp3) is 0.473. The molecule has 4 aliphatic heterocycles. The minimum atomic E-state index is -0.826. The zero-order chi connectivity index (χ0) is 51.5. The summed E-state index contributed by atoms with van der Waals surface area (Å²) in [5.74, 6) is 0.284. The van der Waals surface area contributed by atoms with Crippen molar-refractivity contribution in [2.75, 3.05) is 87.7 Å². The number of carbonyl (C=O) groups is 2. The number of rotatable bonds is 18. The lowest BCUT2D eigenvalue weighted by molar-refractivity contribution is -0.141. The van der Waals surface area contributed by atoms with Crippen molar-refractivity contribution in [3.63, 3.8) is 0 Å². The first-order chi connectivity index (χ1) is 35.9. The Morgan fingerprint density at radius 2 is 1.57 bits per heavy atom. The van der Waals surface area contributed by atoms with Crippen molar-refractivity contribution >= 4 is 40.3 Å². The summed E-state index contributed by atoms with van der Waals surface area (Å²) in [5, 5.41) is 26.8. The number of β-amino-alcohol motifs (C(OH)–C–C–N with tert-alkyl or cyclic N) is 1. The molecule has 74 heavy (non-hydrogen) atoms. The highest BCUT2D eigenvalue weighted by atomic mass is 32.1. The van der Waals surface area contributed by atoms with Gasteiger partial charge in [-0.1, -0.05) is 62.4 Å². The lowest BCUT2D eigenvalue weighted by Gasteiger charge is -2.43. The quantitative estimate of drug-likeness (QED) is 0.0857. The van der Waals surface area contributed by atoms with Crippen LogP contribution < -0.4 is 30.3 Å². The van der Waals surface area contributed by atoms with E-state index in [0.29, 0.717) is 55.2 Å². The molecule has 18 nitrogen and oxygen atoms in total. The highest BCUT2D eigenvalue weighted by Gasteiger charge is 2.44. The third-order valence-corrected chi connectivity index (χ3v) is 16.2. The summed E-state index contributed by atoms with van der Waals surface area (Å²) in [6.45, 7) is 17.7. The molecule has 0 radical (unpaired) electrons. The van der Waals surface area contributed by atoms with E-state index < -0.39 is 18.1 Å². The Kier molecular flexibility index (Phi) is 15.4. The van der Waals surface area contributed by atoms with Crippen molar-refractivity contribution < 1.29 is 28.7 Å². The van der Waals surface area contributed by atoms with Crippen LogP contribution in [0, 0.1) is 19.8 Å². The molecule has 6 aromatic rings. The Labute approximate surface area is 436 Å². The van der Waals surface area contributed by atoms with E-state index in [1.54, 1.807) is 17.4 Å². The molecular formula is C55H68N12O6S. The van der Waals surface area contributed by atoms with Crippen LogP contribution in [0.1, 0.15) is 74.6 Å². The number of aliphatic hydroxyl groups excluding tert-OH is 1. The van der Waals surface area contributed by atoms with Gasteiger partial charge in [-0.05, 0) is 73.5 Å². The second kappa shape index (κ2) is 22.4. The van der Waals surface area contributed by atoms with Gasteiger partial charge in [0.1, 0.15) is 25.2 Å². The number of carbonyl (C=O) groups excluding carboxylic acids is 2. The van der Waals surface area contributed by atoms with Gasteiger partial charge in [-0.2, -0.15) is 0 Å². The van der Waals surface area contributed by atoms with Crippen LogP contribution in [0.4, 0.5) is 17.2 Å². The number of hydrogen-bond acceptors (Lipinski definition) is 17. The molecule has 4 fully saturated rings. The van der Waals surface area contributed by atoms with Gasteiger partial charge in [0.15, 0.2) is 11.6 Å². The number of nitrogens with one attached hydrogen (secondary N) is 1. The number of nitrogens with two attached hydrogens (primary N) is 1. The molecule has 390 valence electrons. The van der Waals surface area contributed by atoms with E-state index in [4.69, 9.17) is 19.7 Å². The third-order valence-electron chi connectivity index (χ3n) is 15.2. The van der Waals surface area contributed by atoms with Crippen molar-refractivity contribution in [1.29, 1.82) is 0 Å². The number of benzene rings is 2. The lowest BCUT2D eigenvalue weighted by atomic mass is 9.91. The average molecular weight is 1030 g/mol. The van der Waals surface area contributed by atoms with Gasteiger partial charge in [0.2, 0.25) is 17.7 Å². The predicted octanol–water partition coefficient (Wildman–Crippen LogP) is 6.36. The number of fused-ring (bicyclic) bond motifs is 2. The number of pyridine rings is 1. The van der Waals surface area contributed by atoms with Crippen LogP contribution >= 0.6 is 11.3 Å². The smallest absolute Gasteiger partial charge is 0.254 e. The van der Waals surface area contributed by atoms with Gasteiger partial charge in [0.05, 0.1) is 39.6 Å². The Bertz CT molecular complexity index is 2870. The summed E-state index contributed by atoms with van der Waals surface area (Å²) < 4.78 is 18.0. The van der Waals surface area contributed by atoms with Crippen molar-refractivity contribution in [3.8, 4) is 33.5 Å². The molecule has 3 unspecified atom stereocenters. The molecule has 4 N–H and O–H groups in total. The maximum Gasteiger partial charge on any atom is 0.254 e. The molecule has 2 aromatic carbocycles. The molecule has 19 heteroatoms. The number of likely N-dealkylation sites (tertiary alicyclic amines) is 1. The average Bonchev–Trinajstić information content (AvgIpc) is 4.20. The topological polar surface area (TPSA) is 205 Å². The Hall–Kier alpha value is -6.67. The van der Waals surface area contributed by atoms with E-state index in [2.05, 4.69) is 87.5 Å². The predicted molar refractivity (Wildman–Crippen MR) is 285 cm³/mol. The summed E-state index contributed by atoms with van der Waals surface area (Å²) in [6.07, 6.45) is 3.39. The summed E-state index contributed by atoms with van der Waals surface area (Å²) in [6, 6.07) is 23.8. The maximum atomic E-state index is 14.2. The number of amides is 2. The SMILES string of the molecule is Cc1ccccc1-c1cc(N2CC3CCC(C2)N3c2ccnc(OCCN3CCN(CCOc4cc(C(C(=O)N5C[C@H](O)C[C@H]5C(=O)N[C@@H](C)c5ccc(-c6scnc6C)cc5)C(C)C)on4)CC3)c2)c(N)nn1. The molecule has 0 spiro atoms. The van der Waals surface area contributed by atoms with Crippen LogP contribution in [-0.2, 0) is 9.59 Å². The third kappa shape index (κ3) is 11.2. The number of piperazine rings is 2. The molecule has 4 aromatic heterocycles. The van der Waals surface area contributed by atoms with Crippen LogP contribution in [0.2, 0.25) is 0 Å². The Morgan fingerprint density at radius 1 is 0.865 bits per heavy atom. The largest absolute Gasteiger partial charge is 0.476 e. The molecule has 4 aliphatic rings. The first-order valence-electron chi connectivity index (χ1n) is 26.0. The van der Waals surface area contributed by atoms with Gasteiger partial charge >= 0.3 is 0 Å². The van der Waals surface area contributed by atoms with Crippen molar-refractivity contribution in [1.82, 2.24) is 45.3 Å². The Morgan fingerprint density at radius 3 is 2.24 bits per heavy atom. The van der Waals surface area contributed by atoms with E-state index in [0.717, 1.165) is 109 Å². The summed E-state index contributed by atoms with van der Waals surface area (Å²) >= 11 is 1.59. The first kappa shape index (κ1) is 50.8. The molecule has 8 heterocycles. The van der Waals surface area contributed by atoms with Gasteiger partial charge in [0, 0.05) is 107 Å². The van der Waals surface area contributed by atoms with E-state index in [1.807, 2.05) is 75.8 Å². The maximum absolute atomic E-state index is 14.2. The van der Waals surface area contributed by atoms with E-state index in [9.17, 15) is 14.7 Å². The zero-order valence-electron chi connectivity index (χ0n) is 43.0. The number of aryl methyl sites for hydroxylation is 2. The van der Waals surface area contributed by atoms with Gasteiger partial charge in [-0.25, -0.2) is 9.97 Å². The summed E-state index contributed by atoms with van der Waals surface area (Å²) in [5.41, 5.74) is 16.4. The molecule has 0 saturated carbocycles. The molecular weight excluding hydrogens is 957 g/mol. The number of thiazole rings is 1. The second-order valence-corrected chi connectivity index (χ2v) is 21.4. The van der Waals surface area contributed by atoms with Gasteiger partial charge in [-0.3, -0.25) is 19.4 Å². The minimum Gasteiger partial charge on any atom is -0.476 e. The monoisotopic (exact) mass is 1020 g/mol. The normalized spacial score (nSPS) is 21.0. The number of ether oxygens (including phenoxy) is 2. The number of anilines is 3. The molecule has 0 aliphatic carbocycles. The summed E-state index contributed by atoms with van der Waals surface area (Å²) in [4.78, 5) is 49.2. The lowest BCUT2D eigenvalue weighted by Crippen LogP contribution is -2.54. The number of nitrogens with zero attached hydrogens (tertiary/aromatic N) is 10. The van der Waals surface area contributed by atoms with Crippen LogP contribution in [0.5, 0.6) is 11.8 Å². The number of aliphatic hydroxyl groups is 1. The standard InChI is InChI=1S/C55H68N12O6S/c1-34(2)51(55(70)66-32-43(68)27-47(66)54(69)59-36(4)38-10-12-39(13-11-38)52-37(5)58-33-74-52)48-29-50(62-73-48)72-25-23-64-20-18-63(19-21-64)22-24-71-49-26-40(16-17-57-49)67-41-14-15-42(67)31-65(30-41)46-28-45(60-61-53(46)56)44-9-7-6-8-35(44)3/h6-13,16-17,26,28-29,33-34,36,41-43,47,51,68H,14-15,18-25,27,30-32H2,1-5H3,(H2,56,61)(H,59,69)/t36-,41?,42?,43+,47-,51?/m0/s1. The fourth-order valence-corrected chi connectivity index (χ4v) is 12.0. The molecule has 6 atom stereocenters. The fourth-order valence-electron chi connectivity index (χ4n) is 11.2. The number of hydrogen-bond donors (Lipinski definition) is 3. The Balaban J connectivity index is 0.655. The van der Waals surface area contributed by atoms with Gasteiger partial charge < -0.3 is 44.9 Å². The molecule has 4 saturated heterocycles. The van der Waals surface area contributed by atoms with E-state index in [-0.39, 0.29) is 36.7 Å².